The maximum Gasteiger partial charge on any atom is 0.264 e. The Morgan fingerprint density at radius 1 is 1.23 bits per heavy atom. The van der Waals surface area contributed by atoms with E-state index >= 15 is 0 Å². The van der Waals surface area contributed by atoms with Gasteiger partial charge in [-0.15, -0.1) is 0 Å². The first-order valence-electron chi connectivity index (χ1n) is 9.56. The van der Waals surface area contributed by atoms with Crippen LogP contribution in [-0.4, -0.2) is 42.9 Å². The molecule has 0 saturated carbocycles. The highest BCUT2D eigenvalue weighted by atomic mass is 35.5. The van der Waals surface area contributed by atoms with E-state index in [1.807, 2.05) is 0 Å². The van der Waals surface area contributed by atoms with Crippen LogP contribution in [-0.2, 0) is 21.2 Å². The molecule has 162 valence electrons. The number of ether oxygens (including phenoxy) is 1. The number of hydrogen-bond acceptors (Lipinski definition) is 4. The molecule has 1 saturated heterocycles. The van der Waals surface area contributed by atoms with Crippen molar-refractivity contribution < 1.29 is 26.7 Å². The third-order valence-corrected chi connectivity index (χ3v) is 7.17. The van der Waals surface area contributed by atoms with Crippen LogP contribution < -0.4 is 4.74 Å². The molecule has 0 radical (unpaired) electrons. The van der Waals surface area contributed by atoms with Crippen LogP contribution in [0.4, 0.5) is 8.78 Å². The number of carbonyl (C=O) groups is 1. The summed E-state index contributed by atoms with van der Waals surface area (Å²) in [5.41, 5.74) is 0.119. The van der Waals surface area contributed by atoms with Gasteiger partial charge in [0.1, 0.15) is 17.4 Å². The second-order valence-electron chi connectivity index (χ2n) is 7.19. The van der Waals surface area contributed by atoms with Gasteiger partial charge >= 0.3 is 0 Å². The summed E-state index contributed by atoms with van der Waals surface area (Å²) in [4.78, 5) is 14.7. The number of amides is 1. The molecule has 0 unspecified atom stereocenters. The number of sulfone groups is 1. The molecule has 0 aliphatic carbocycles. The fourth-order valence-electron chi connectivity index (χ4n) is 3.43. The van der Waals surface area contributed by atoms with Crippen LogP contribution in [0.15, 0.2) is 42.5 Å². The summed E-state index contributed by atoms with van der Waals surface area (Å²) >= 11 is 6.14. The molecule has 2 atom stereocenters. The lowest BCUT2D eigenvalue weighted by molar-refractivity contribution is -0.141. The van der Waals surface area contributed by atoms with E-state index in [0.717, 1.165) is 0 Å². The third kappa shape index (κ3) is 5.29. The Morgan fingerprint density at radius 2 is 1.93 bits per heavy atom. The first-order valence-corrected chi connectivity index (χ1v) is 11.8. The van der Waals surface area contributed by atoms with Gasteiger partial charge in [0.05, 0.1) is 18.1 Å². The Balaban J connectivity index is 1.89. The zero-order valence-corrected chi connectivity index (χ0v) is 17.9. The summed E-state index contributed by atoms with van der Waals surface area (Å²) in [6.45, 7) is 1.57. The highest BCUT2D eigenvalue weighted by Crippen LogP contribution is 2.27. The predicted molar refractivity (Wildman–Crippen MR) is 110 cm³/mol. The van der Waals surface area contributed by atoms with Crippen molar-refractivity contribution in [1.82, 2.24) is 4.90 Å². The predicted octanol–water partition coefficient (Wildman–Crippen LogP) is 3.99. The minimum atomic E-state index is -3.29. The quantitative estimate of drug-likeness (QED) is 0.630. The molecular weight excluding hydrogens is 436 g/mol. The lowest BCUT2D eigenvalue weighted by atomic mass is 10.1. The van der Waals surface area contributed by atoms with Crippen molar-refractivity contribution in [1.29, 1.82) is 0 Å². The molecule has 1 amide bonds. The van der Waals surface area contributed by atoms with Crippen LogP contribution in [0.1, 0.15) is 25.3 Å². The largest absolute Gasteiger partial charge is 0.481 e. The van der Waals surface area contributed by atoms with Gasteiger partial charge in [0, 0.05) is 16.6 Å². The van der Waals surface area contributed by atoms with Gasteiger partial charge in [0.2, 0.25) is 0 Å². The lowest BCUT2D eigenvalue weighted by Gasteiger charge is -2.32. The van der Waals surface area contributed by atoms with Crippen LogP contribution in [0.5, 0.6) is 5.75 Å². The van der Waals surface area contributed by atoms with E-state index in [0.29, 0.717) is 5.75 Å². The van der Waals surface area contributed by atoms with Gasteiger partial charge in [-0.3, -0.25) is 4.79 Å². The standard InChI is InChI=1S/C21H22ClF2NO4S/c1-2-20(29-16-8-6-14(23)7-9-16)21(26)25(15-10-11-30(27,28)13-15)12-17-18(22)4-3-5-19(17)24/h3-9,15,20H,2,10-13H2,1H3/t15-,20+/m0/s1. The third-order valence-electron chi connectivity index (χ3n) is 5.06. The molecule has 5 nitrogen and oxygen atoms in total. The minimum absolute atomic E-state index is 0.0396. The topological polar surface area (TPSA) is 63.7 Å². The molecular formula is C21H22ClF2NO4S. The molecule has 0 N–H and O–H groups in total. The molecule has 1 heterocycles. The van der Waals surface area contributed by atoms with Gasteiger partial charge in [-0.25, -0.2) is 17.2 Å². The van der Waals surface area contributed by atoms with Crippen molar-refractivity contribution in [2.45, 2.75) is 38.5 Å². The number of carbonyl (C=O) groups excluding carboxylic acids is 1. The van der Waals surface area contributed by atoms with Crippen molar-refractivity contribution >= 4 is 27.3 Å². The fourth-order valence-corrected chi connectivity index (χ4v) is 5.39. The summed E-state index contributed by atoms with van der Waals surface area (Å²) in [5, 5.41) is 0.154. The van der Waals surface area contributed by atoms with Crippen molar-refractivity contribution in [2.75, 3.05) is 11.5 Å². The molecule has 0 aromatic heterocycles. The maximum atomic E-state index is 14.4. The van der Waals surface area contributed by atoms with E-state index in [4.69, 9.17) is 16.3 Å². The van der Waals surface area contributed by atoms with Gasteiger partial charge in [-0.1, -0.05) is 24.6 Å². The van der Waals surface area contributed by atoms with Gasteiger partial charge < -0.3 is 9.64 Å². The maximum absolute atomic E-state index is 14.4. The smallest absolute Gasteiger partial charge is 0.264 e. The summed E-state index contributed by atoms with van der Waals surface area (Å²) in [5.74, 6) is -1.41. The second kappa shape index (κ2) is 9.31. The van der Waals surface area contributed by atoms with Gasteiger partial charge in [-0.05, 0) is 49.2 Å². The number of benzene rings is 2. The van der Waals surface area contributed by atoms with Crippen molar-refractivity contribution in [3.63, 3.8) is 0 Å². The second-order valence-corrected chi connectivity index (χ2v) is 9.83. The molecule has 1 fully saturated rings. The number of halogens is 3. The monoisotopic (exact) mass is 457 g/mol. The molecule has 9 heteroatoms. The van der Waals surface area contributed by atoms with E-state index in [1.165, 1.54) is 47.4 Å². The van der Waals surface area contributed by atoms with Crippen LogP contribution in [0.25, 0.3) is 0 Å². The Morgan fingerprint density at radius 3 is 2.50 bits per heavy atom. The fraction of sp³-hybridized carbons (Fsp3) is 0.381. The van der Waals surface area contributed by atoms with E-state index in [-0.39, 0.29) is 41.5 Å². The molecule has 1 aliphatic rings. The average molecular weight is 458 g/mol. The molecule has 1 aliphatic heterocycles. The van der Waals surface area contributed by atoms with Crippen LogP contribution in [0, 0.1) is 11.6 Å². The summed E-state index contributed by atoms with van der Waals surface area (Å²) in [6, 6.07) is 8.85. The zero-order chi connectivity index (χ0) is 21.9. The van der Waals surface area contributed by atoms with Crippen LogP contribution in [0.3, 0.4) is 0 Å². The Labute approximate surface area is 179 Å². The summed E-state index contributed by atoms with van der Waals surface area (Å²) in [7, 11) is -3.29. The lowest BCUT2D eigenvalue weighted by Crippen LogP contribution is -2.47. The Bertz CT molecular complexity index is 994. The van der Waals surface area contributed by atoms with Crippen molar-refractivity contribution in [3.8, 4) is 5.75 Å². The van der Waals surface area contributed by atoms with Gasteiger partial charge in [0.25, 0.3) is 5.91 Å². The normalized spacial score (nSPS) is 18.7. The van der Waals surface area contributed by atoms with Gasteiger partial charge in [0.15, 0.2) is 15.9 Å². The summed E-state index contributed by atoms with van der Waals surface area (Å²) in [6.07, 6.45) is -0.395. The van der Waals surface area contributed by atoms with E-state index in [1.54, 1.807) is 6.92 Å². The first kappa shape index (κ1) is 22.5. The number of hydrogen-bond donors (Lipinski definition) is 0. The zero-order valence-electron chi connectivity index (χ0n) is 16.4. The Kier molecular flexibility index (Phi) is 6.98. The highest BCUT2D eigenvalue weighted by molar-refractivity contribution is 7.91. The van der Waals surface area contributed by atoms with Crippen molar-refractivity contribution in [2.24, 2.45) is 0 Å². The van der Waals surface area contributed by atoms with Crippen molar-refractivity contribution in [3.05, 3.63) is 64.7 Å². The molecule has 2 aromatic rings. The minimum Gasteiger partial charge on any atom is -0.481 e. The molecule has 0 spiro atoms. The summed E-state index contributed by atoms with van der Waals surface area (Å²) < 4.78 is 57.3. The first-order chi connectivity index (χ1) is 14.2. The van der Waals surface area contributed by atoms with Crippen LogP contribution >= 0.6 is 11.6 Å². The average Bonchev–Trinajstić information content (AvgIpc) is 3.06. The molecule has 0 bridgehead atoms. The van der Waals surface area contributed by atoms with Crippen LogP contribution in [0.2, 0.25) is 5.02 Å². The molecule has 3 rings (SSSR count). The number of rotatable bonds is 7. The van der Waals surface area contributed by atoms with E-state index in [2.05, 4.69) is 0 Å². The van der Waals surface area contributed by atoms with E-state index in [9.17, 15) is 22.0 Å². The molecule has 30 heavy (non-hydrogen) atoms. The molecule has 2 aromatic carbocycles. The number of nitrogens with zero attached hydrogens (tertiary/aromatic N) is 1. The SMILES string of the molecule is CC[C@@H](Oc1ccc(F)cc1)C(=O)N(Cc1c(F)cccc1Cl)[C@H]1CCS(=O)(=O)C1. The van der Waals surface area contributed by atoms with E-state index < -0.39 is 39.5 Å². The van der Waals surface area contributed by atoms with Gasteiger partial charge in [-0.2, -0.15) is 0 Å². The Hall–Kier alpha value is -2.19. The highest BCUT2D eigenvalue weighted by Gasteiger charge is 2.38.